The van der Waals surface area contributed by atoms with Crippen LogP contribution in [0.25, 0.3) is 11.2 Å². The molecule has 1 saturated heterocycles. The summed E-state index contributed by atoms with van der Waals surface area (Å²) in [5.41, 5.74) is -1.98. The number of H-pyrrole nitrogens is 1. The molecule has 0 spiro atoms. The first-order valence-electron chi connectivity index (χ1n) is 31.2. The summed E-state index contributed by atoms with van der Waals surface area (Å²) in [5, 5.41) is 74.3. The van der Waals surface area contributed by atoms with Crippen molar-refractivity contribution in [2.75, 3.05) is 27.2 Å². The summed E-state index contributed by atoms with van der Waals surface area (Å²) in [6, 6.07) is 26.4. The molecule has 100 heavy (non-hydrogen) atoms. The van der Waals surface area contributed by atoms with Gasteiger partial charge in [0.15, 0.2) is 51.5 Å². The molecule has 3 saturated carbocycles. The minimum Gasteiger partial charge on any atom is -0.479 e. The molecule has 3 aromatic carbocycles. The molecule has 4 aliphatic carbocycles. The number of nitrogens with one attached hydrogen (secondary N) is 1. The molecule has 1 aliphatic heterocycles. The van der Waals surface area contributed by atoms with Crippen molar-refractivity contribution in [3.05, 3.63) is 155 Å². The number of para-hydroxylation sites is 1. The summed E-state index contributed by atoms with van der Waals surface area (Å²) in [6.45, 7) is 12.5. The number of ketones is 2. The van der Waals surface area contributed by atoms with Crippen molar-refractivity contribution in [2.45, 2.75) is 144 Å². The van der Waals surface area contributed by atoms with Gasteiger partial charge < -0.3 is 79.3 Å². The van der Waals surface area contributed by atoms with Gasteiger partial charge in [0.05, 0.1) is 18.5 Å². The normalized spacial score (nSPS) is 24.7. The number of allylic oxidation sites excluding steroid dienone is 4. The van der Waals surface area contributed by atoms with Crippen molar-refractivity contribution in [1.82, 2.24) is 34.4 Å². The van der Waals surface area contributed by atoms with Crippen molar-refractivity contribution in [1.29, 1.82) is 0 Å². The maximum Gasteiger partial charge on any atom is 1.00 e. The molecule has 0 amide bonds. The number of rotatable bonds is 18. The SMILES string of the molecule is CC(=O)Oc1ccccc1C(=O)O.CC1(C)O[C@@H]2C[C@H]3[C@@H]4CCC5=CC(=O)C=C[C@]5(C)[C@@]4(F)[C@@H](O)C[C@]3(C)[C@]2(C(=O)CO)O1.CCC(=O)O[C@](Cc1ccccc1)(c1ccccc1)[C@H](C)CN(C)C.Cn1cnc([N+](=O)[O-])c1Sc1ncnc2nc[nH]c12.O=C(O)C(O)C(O)C(=O)O.[Au].[Na+]. The topological polar surface area (TPSA) is 417 Å². The van der Waals surface area contributed by atoms with E-state index in [0.717, 1.165) is 29.4 Å². The summed E-state index contributed by atoms with van der Waals surface area (Å²) in [7, 11) is 5.79. The Hall–Kier alpha value is -7.27. The third kappa shape index (κ3) is 17.6. The molecule has 1 radical (unpaired) electrons. The number of carboxylic acids is 3. The molecule has 3 aromatic heterocycles. The Morgan fingerprint density at radius 2 is 1.53 bits per heavy atom. The number of aliphatic carboxylic acids is 2. The molecule has 28 nitrogen and oxygen atoms in total. The van der Waals surface area contributed by atoms with Crippen LogP contribution in [0.5, 0.6) is 5.75 Å². The minimum atomic E-state index is -2.27. The quantitative estimate of drug-likeness (QED) is 0.0150. The zero-order valence-electron chi connectivity index (χ0n) is 56.9. The number of nitro groups is 1. The fraction of sp³-hybridized carbons (Fsp3) is 0.456. The van der Waals surface area contributed by atoms with Crippen LogP contribution in [0.1, 0.15) is 102 Å². The Morgan fingerprint density at radius 1 is 0.920 bits per heavy atom. The van der Waals surface area contributed by atoms with Gasteiger partial charge in [0, 0.05) is 78.4 Å². The number of carbonyl (C=O) groups excluding carboxylic acids is 4. The molecule has 4 heterocycles. The summed E-state index contributed by atoms with van der Waals surface area (Å²) < 4.78 is 41.9. The average molecular weight is 1600 g/mol. The van der Waals surface area contributed by atoms with E-state index >= 15 is 4.39 Å². The van der Waals surface area contributed by atoms with Crippen LogP contribution in [0.15, 0.2) is 138 Å². The van der Waals surface area contributed by atoms with Crippen molar-refractivity contribution in [3.8, 4) is 5.75 Å². The first-order chi connectivity index (χ1) is 46.1. The zero-order chi connectivity index (χ0) is 72.5. The molecule has 4 fully saturated rings. The van der Waals surface area contributed by atoms with Gasteiger partial charge >= 0.3 is 65.2 Å². The fourth-order valence-electron chi connectivity index (χ4n) is 14.0. The van der Waals surface area contributed by atoms with Gasteiger partial charge in [-0.2, -0.15) is 0 Å². The molecule has 32 heteroatoms. The smallest absolute Gasteiger partial charge is 0.479 e. The van der Waals surface area contributed by atoms with Crippen LogP contribution in [0, 0.1) is 38.7 Å². The molecule has 5 aliphatic rings. The Labute approximate surface area is 617 Å². The van der Waals surface area contributed by atoms with Crippen molar-refractivity contribution in [3.63, 3.8) is 0 Å². The number of aliphatic hydroxyl groups excluding tert-OH is 4. The summed E-state index contributed by atoms with van der Waals surface area (Å²) >= 11 is 1.15. The number of aryl methyl sites for hydroxylation is 1. The van der Waals surface area contributed by atoms with Gasteiger partial charge in [-0.25, -0.2) is 33.7 Å². The second-order valence-corrected chi connectivity index (χ2v) is 26.4. The van der Waals surface area contributed by atoms with Crippen LogP contribution in [0.2, 0.25) is 0 Å². The third-order valence-electron chi connectivity index (χ3n) is 18.4. The maximum atomic E-state index is 17.1. The predicted octanol–water partition coefficient (Wildman–Crippen LogP) is 4.03. The monoisotopic (exact) mass is 1600 g/mol. The Kier molecular flexibility index (Phi) is 28.9. The van der Waals surface area contributed by atoms with E-state index in [1.54, 1.807) is 50.6 Å². The number of hydrogen-bond donors (Lipinski definition) is 8. The van der Waals surface area contributed by atoms with E-state index in [0.29, 0.717) is 53.3 Å². The van der Waals surface area contributed by atoms with E-state index < -0.39 is 105 Å². The molecule has 8 N–H and O–H groups in total. The fourth-order valence-corrected chi connectivity index (χ4v) is 14.9. The predicted molar refractivity (Wildman–Crippen MR) is 349 cm³/mol. The van der Waals surface area contributed by atoms with E-state index in [1.165, 1.54) is 55.8 Å². The van der Waals surface area contributed by atoms with Crippen molar-refractivity contribution in [2.24, 2.45) is 35.6 Å². The van der Waals surface area contributed by atoms with Gasteiger partial charge in [0.2, 0.25) is 6.33 Å². The number of nitrogens with zero attached hydrogens (tertiary/aromatic N) is 7. The first kappa shape index (κ1) is 83.4. The number of hydrogen-bond acceptors (Lipinski definition) is 23. The second-order valence-electron chi connectivity index (χ2n) is 25.4. The van der Waals surface area contributed by atoms with Gasteiger partial charge in [0.1, 0.15) is 40.4 Å². The Morgan fingerprint density at radius 3 is 2.10 bits per heavy atom. The number of carbonyl (C=O) groups is 7. The molecule has 2 unspecified atom stereocenters. The number of imidazole rings is 2. The first-order valence-corrected chi connectivity index (χ1v) is 32.0. The molecule has 537 valence electrons. The van der Waals surface area contributed by atoms with Crippen molar-refractivity contribution >= 4 is 70.2 Å². The van der Waals surface area contributed by atoms with Crippen LogP contribution in [-0.4, -0.2) is 185 Å². The van der Waals surface area contributed by atoms with Gasteiger partial charge in [-0.05, 0) is 124 Å². The van der Waals surface area contributed by atoms with Crippen LogP contribution in [0.4, 0.5) is 10.2 Å². The number of aromatic amines is 1. The largest absolute Gasteiger partial charge is 1.00 e. The number of halogens is 1. The summed E-state index contributed by atoms with van der Waals surface area (Å²) in [4.78, 5) is 109. The van der Waals surface area contributed by atoms with Gasteiger partial charge in [0.25, 0.3) is 0 Å². The molecular weight excluding hydrogens is 1520 g/mol. The van der Waals surface area contributed by atoms with Crippen LogP contribution in [0.3, 0.4) is 0 Å². The number of benzene rings is 3. The number of aromatic carboxylic acids is 1. The average Bonchev–Trinajstić information content (AvgIpc) is 1.44. The standard InChI is InChI=1S/C24H31FO6.C22H29NO2.C9H7N7O2S.C9H8O4.C4H6O6.Au.Na/c1-20(2)30-19-10-16-15-6-5-13-9-14(27)7-8-21(13,3)23(15,25)17(28)11-22(16,4)24(19,31-20)18(29)12-26;1-5-21(24)25-22(18(2)17-23(3)4,20-14-10-7-11-15-20)16-19-12-8-6-9-13-19;1-15-4-14-7(16(17)18)9(15)19-8-5-6(11-2-10-5)12-3-13-8;1-6(10)13-8-5-3-2-4-7(8)9(11)12;5-1(3(7)8)2(6)4(9)10;;/h7-9,15-17,19,26,28H,5-6,10-12H2,1-4H3;6-15,18H,5,16-17H2,1-4H3;2-4H,1H3,(H,10,11,12,13);2-5H,1H3,(H,11,12);1-2,5-6H,(H,7,8)(H,9,10);;/q;;;;;;+1/t15-,16-,17-,19+,21-,22-,23-,24+;18-,22+;;;;;/m01...../s1. The summed E-state index contributed by atoms with van der Waals surface area (Å²) in [6.07, 6.45) is 4.77. The number of aromatic nitrogens is 6. The van der Waals surface area contributed by atoms with Gasteiger partial charge in [-0.15, -0.1) is 0 Å². The van der Waals surface area contributed by atoms with Gasteiger partial charge in [-0.1, -0.05) is 105 Å². The third-order valence-corrected chi connectivity index (χ3v) is 19.5. The molecule has 11 rings (SSSR count). The number of fused-ring (bicyclic) bond motifs is 8. The van der Waals surface area contributed by atoms with E-state index in [2.05, 4.69) is 79.8 Å². The van der Waals surface area contributed by atoms with Gasteiger partial charge in [-0.3, -0.25) is 19.2 Å². The van der Waals surface area contributed by atoms with Crippen LogP contribution >= 0.6 is 11.8 Å². The number of alkyl halides is 1. The van der Waals surface area contributed by atoms with E-state index in [-0.39, 0.29) is 99.1 Å². The van der Waals surface area contributed by atoms with Crippen molar-refractivity contribution < 1.29 is 150 Å². The van der Waals surface area contributed by atoms with E-state index in [9.17, 15) is 53.9 Å². The number of ether oxygens (including phenoxy) is 4. The van der Waals surface area contributed by atoms with Crippen LogP contribution in [-0.2, 0) is 84.4 Å². The van der Waals surface area contributed by atoms with E-state index in [1.807, 2.05) is 50.2 Å². The molecule has 0 bridgehead atoms. The Balaban J connectivity index is 0.000000236. The van der Waals surface area contributed by atoms with Crippen LogP contribution < -0.4 is 34.3 Å². The molecular formula is C68H81AuFN8NaO20S+. The van der Waals surface area contributed by atoms with E-state index in [4.69, 9.17) is 39.7 Å². The molecule has 6 aromatic rings. The Bertz CT molecular complexity index is 3960. The maximum absolute atomic E-state index is 17.1. The summed E-state index contributed by atoms with van der Waals surface area (Å²) in [5.74, 6) is -7.79. The number of esters is 2. The number of Topliss-reactive ketones (excluding diaryl/α,β-unsaturated/α-hetero) is 1. The zero-order valence-corrected chi connectivity index (χ0v) is 61.9. The molecule has 12 atom stereocenters. The minimum absolute atomic E-state index is 0. The number of aliphatic hydroxyl groups is 4. The second kappa shape index (κ2) is 34.6. The number of carboxylic acid groups (broad SMARTS) is 3.